The van der Waals surface area contributed by atoms with Crippen LogP contribution in [0.2, 0.25) is 0 Å². The van der Waals surface area contributed by atoms with E-state index < -0.39 is 17.5 Å². The van der Waals surface area contributed by atoms with Gasteiger partial charge in [0.1, 0.15) is 11.4 Å². The summed E-state index contributed by atoms with van der Waals surface area (Å²) in [6, 6.07) is 17.0. The molecule has 1 aliphatic heterocycles. The number of ether oxygens (including phenoxy) is 1. The van der Waals surface area contributed by atoms with Crippen molar-refractivity contribution < 1.29 is 70.4 Å². The van der Waals surface area contributed by atoms with E-state index >= 15 is 0 Å². The zero-order chi connectivity index (χ0) is 21.1. The van der Waals surface area contributed by atoms with Crippen LogP contribution in [0, 0.1) is 0 Å². The van der Waals surface area contributed by atoms with Gasteiger partial charge in [-0.25, -0.2) is 9.79 Å². The molecule has 7 nitrogen and oxygen atoms in total. The fourth-order valence-electron chi connectivity index (χ4n) is 3.03. The van der Waals surface area contributed by atoms with Gasteiger partial charge in [0.25, 0.3) is 5.91 Å². The Morgan fingerprint density at radius 2 is 1.84 bits per heavy atom. The van der Waals surface area contributed by atoms with Crippen LogP contribution in [0.25, 0.3) is 17.7 Å². The average molecular weight is 440 g/mol. The molecule has 1 amide bonds. The molecule has 0 bridgehead atoms. The third-order valence-corrected chi connectivity index (χ3v) is 4.43. The number of benzene rings is 2. The van der Waals surface area contributed by atoms with Crippen LogP contribution in [0.15, 0.2) is 74.9 Å². The maximum absolute atomic E-state index is 12.6. The van der Waals surface area contributed by atoms with Crippen molar-refractivity contribution in [2.45, 2.75) is 6.92 Å². The van der Waals surface area contributed by atoms with Crippen LogP contribution < -0.4 is 88.6 Å². The van der Waals surface area contributed by atoms with Gasteiger partial charge in [-0.2, -0.15) is 0 Å². The molecule has 1 N–H and O–H groups in total. The SMILES string of the molecule is CCO/C([O-])=c1\cc(NC(=O)c2ccccc2)c(=O)o\c1=C1\C=c2ccccc2=N1.[K+]. The van der Waals surface area contributed by atoms with Gasteiger partial charge in [-0.1, -0.05) is 43.3 Å². The number of nitrogens with zero attached hydrogens (tertiary/aromatic N) is 1. The third-order valence-electron chi connectivity index (χ3n) is 4.43. The van der Waals surface area contributed by atoms with E-state index in [2.05, 4.69) is 10.3 Å². The van der Waals surface area contributed by atoms with Crippen LogP contribution in [0.5, 0.6) is 0 Å². The number of nitrogens with one attached hydrogen (secondary N) is 1. The number of hydrogen-bond donors (Lipinski definition) is 1. The number of amides is 1. The summed E-state index contributed by atoms with van der Waals surface area (Å²) in [5.41, 5.74) is -0.270. The quantitative estimate of drug-likeness (QED) is 0.426. The Balaban J connectivity index is 0.00000272. The summed E-state index contributed by atoms with van der Waals surface area (Å²) in [6.45, 7) is 1.81. The van der Waals surface area contributed by atoms with Gasteiger partial charge in [0.15, 0.2) is 5.42 Å². The van der Waals surface area contributed by atoms with Gasteiger partial charge in [0.05, 0.1) is 11.3 Å². The second-order valence-electron chi connectivity index (χ2n) is 6.43. The Kier molecular flexibility index (Phi) is 7.63. The van der Waals surface area contributed by atoms with Gasteiger partial charge in [0.2, 0.25) is 0 Å². The van der Waals surface area contributed by atoms with Crippen LogP contribution in [-0.4, -0.2) is 12.5 Å². The van der Waals surface area contributed by atoms with Crippen molar-refractivity contribution in [1.82, 2.24) is 0 Å². The van der Waals surface area contributed by atoms with Crippen LogP contribution >= 0.6 is 0 Å². The monoisotopic (exact) mass is 440 g/mol. The maximum Gasteiger partial charge on any atom is 1.00 e. The summed E-state index contributed by atoms with van der Waals surface area (Å²) >= 11 is 0. The molecular weight excluding hydrogens is 423 g/mol. The maximum atomic E-state index is 12.6. The largest absolute Gasteiger partial charge is 1.00 e. The number of anilines is 1. The first kappa shape index (κ1) is 23.2. The van der Waals surface area contributed by atoms with Gasteiger partial charge >= 0.3 is 57.0 Å². The second kappa shape index (κ2) is 10.2. The van der Waals surface area contributed by atoms with Crippen molar-refractivity contribution in [3.05, 3.63) is 97.9 Å². The number of fused-ring (bicyclic) bond motifs is 1. The molecule has 2 aromatic carbocycles. The normalized spacial score (nSPS) is 14.4. The van der Waals surface area contributed by atoms with Crippen molar-refractivity contribution in [3.63, 3.8) is 0 Å². The minimum absolute atomic E-state index is 0. The van der Waals surface area contributed by atoms with E-state index in [1.54, 1.807) is 43.3 Å². The van der Waals surface area contributed by atoms with E-state index in [0.29, 0.717) is 16.6 Å². The van der Waals surface area contributed by atoms with Gasteiger partial charge in [0, 0.05) is 16.0 Å². The molecule has 0 aliphatic carbocycles. The molecule has 4 rings (SSSR count). The van der Waals surface area contributed by atoms with Crippen molar-refractivity contribution in [3.8, 4) is 0 Å². The molecule has 0 spiro atoms. The molecule has 31 heavy (non-hydrogen) atoms. The molecule has 0 atom stereocenters. The number of para-hydroxylation sites is 1. The number of carbonyl (C=O) groups is 1. The molecule has 1 aromatic heterocycles. The van der Waals surface area contributed by atoms with Crippen LogP contribution in [0.4, 0.5) is 5.69 Å². The molecule has 0 radical (unpaired) electrons. The minimum atomic E-state index is -0.797. The van der Waals surface area contributed by atoms with E-state index in [-0.39, 0.29) is 74.3 Å². The molecule has 1 aliphatic rings. The molecule has 0 saturated heterocycles. The van der Waals surface area contributed by atoms with E-state index in [0.717, 1.165) is 5.22 Å². The molecule has 3 aromatic rings. The molecular formula is C23H17KN2O5. The standard InChI is InChI=1S/C23H18N2O5.K/c1-2-29-22(27)16-13-19(25-21(26)14-8-4-3-5-9-14)23(28)30-20(16)18-12-15-10-6-7-11-17(15)24-18;/h3-13,27H,2H2,1H3,(H,25,26);/q;+1/p-1/b20-18-,22-16+;. The molecule has 0 saturated carbocycles. The first-order valence-corrected chi connectivity index (χ1v) is 9.31. The minimum Gasteiger partial charge on any atom is -0.613 e. The van der Waals surface area contributed by atoms with Crippen molar-refractivity contribution in [2.75, 3.05) is 11.9 Å². The molecule has 2 heterocycles. The first-order valence-electron chi connectivity index (χ1n) is 9.31. The Morgan fingerprint density at radius 1 is 1.13 bits per heavy atom. The van der Waals surface area contributed by atoms with E-state index in [4.69, 9.17) is 9.15 Å². The molecule has 0 fully saturated rings. The van der Waals surface area contributed by atoms with E-state index in [1.165, 1.54) is 6.07 Å². The molecule has 8 heteroatoms. The number of rotatable bonds is 4. The predicted molar refractivity (Wildman–Crippen MR) is 109 cm³/mol. The van der Waals surface area contributed by atoms with E-state index in [1.807, 2.05) is 24.3 Å². The summed E-state index contributed by atoms with van der Waals surface area (Å²) in [5, 5.41) is 16.6. The molecule has 150 valence electrons. The zero-order valence-electron chi connectivity index (χ0n) is 17.0. The summed E-state index contributed by atoms with van der Waals surface area (Å²) < 4.78 is 10.5. The number of carbonyl (C=O) groups excluding carboxylic acids is 1. The fraction of sp³-hybridized carbons (Fsp3) is 0.0870. The predicted octanol–water partition coefficient (Wildman–Crippen LogP) is -3.42. The fourth-order valence-corrected chi connectivity index (χ4v) is 3.03. The van der Waals surface area contributed by atoms with E-state index in [9.17, 15) is 14.7 Å². The Hall–Kier alpha value is -2.49. The second-order valence-corrected chi connectivity index (χ2v) is 6.43. The van der Waals surface area contributed by atoms with Crippen molar-refractivity contribution in [1.29, 1.82) is 0 Å². The number of hydrogen-bond acceptors (Lipinski definition) is 6. The topological polar surface area (TPSA) is 104 Å². The van der Waals surface area contributed by atoms with Crippen molar-refractivity contribution >= 4 is 29.3 Å². The summed E-state index contributed by atoms with van der Waals surface area (Å²) in [4.78, 5) is 29.4. The summed E-state index contributed by atoms with van der Waals surface area (Å²) in [5.74, 6) is -1.18. The summed E-state index contributed by atoms with van der Waals surface area (Å²) in [6.07, 6.45) is 1.72. The third kappa shape index (κ3) is 5.05. The van der Waals surface area contributed by atoms with Gasteiger partial charge < -0.3 is 19.6 Å². The molecule has 0 unspecified atom stereocenters. The van der Waals surface area contributed by atoms with Crippen molar-refractivity contribution in [2.24, 2.45) is 4.99 Å². The van der Waals surface area contributed by atoms with Crippen LogP contribution in [0.1, 0.15) is 17.3 Å². The van der Waals surface area contributed by atoms with Gasteiger partial charge in [-0.3, -0.25) is 4.79 Å². The average Bonchev–Trinajstić information content (AvgIpc) is 3.19. The Labute approximate surface area is 219 Å². The summed E-state index contributed by atoms with van der Waals surface area (Å²) in [7, 11) is 0. The first-order chi connectivity index (χ1) is 14.6. The van der Waals surface area contributed by atoms with Gasteiger partial charge in [-0.05, 0) is 36.9 Å². The van der Waals surface area contributed by atoms with Gasteiger partial charge in [-0.15, -0.1) is 0 Å². The Morgan fingerprint density at radius 3 is 2.55 bits per heavy atom. The van der Waals surface area contributed by atoms with Crippen LogP contribution in [-0.2, 0) is 4.74 Å². The smallest absolute Gasteiger partial charge is 0.613 e. The van der Waals surface area contributed by atoms with Crippen LogP contribution in [0.3, 0.4) is 0 Å². The Bertz CT molecular complexity index is 1390. The zero-order valence-corrected chi connectivity index (χ0v) is 20.2.